The van der Waals surface area contributed by atoms with E-state index in [-0.39, 0.29) is 6.42 Å². The minimum absolute atomic E-state index is 0.0210. The minimum atomic E-state index is -0.858. The number of nitrogens with one attached hydrogen (secondary N) is 1. The fourth-order valence-electron chi connectivity index (χ4n) is 1.74. The number of carboxylic acids is 1. The molecule has 5 heteroatoms. The van der Waals surface area contributed by atoms with E-state index >= 15 is 0 Å². The van der Waals surface area contributed by atoms with Crippen LogP contribution in [0.2, 0.25) is 0 Å². The van der Waals surface area contributed by atoms with Gasteiger partial charge in [0.25, 0.3) is 0 Å². The number of hydrogen-bond donors (Lipinski definition) is 2. The molecule has 1 aromatic heterocycles. The number of carboxylic acid groups (broad SMARTS) is 1. The number of methoxy groups -OCH3 is 1. The zero-order chi connectivity index (χ0) is 11.7. The normalized spacial score (nSPS) is 10.6. The molecule has 0 atom stereocenters. The third-order valence-corrected chi connectivity index (χ3v) is 3.00. The summed E-state index contributed by atoms with van der Waals surface area (Å²) in [4.78, 5) is 13.8. The first-order valence-corrected chi connectivity index (χ1v) is 5.47. The molecule has 0 amide bonds. The number of H-pyrrole nitrogens is 1. The Hall–Kier alpha value is -1.49. The molecule has 1 aromatic carbocycles. The highest BCUT2D eigenvalue weighted by Gasteiger charge is 2.14. The quantitative estimate of drug-likeness (QED) is 0.910. The van der Waals surface area contributed by atoms with E-state index in [9.17, 15) is 4.79 Å². The molecule has 0 unspecified atom stereocenters. The first kappa shape index (κ1) is 11.0. The standard InChI is InChI=1S/C11H10BrNO3/c1-16-11-7(12)2-3-8-10(11)6(5-13-8)4-9(14)15/h2-3,5,13H,4H2,1H3,(H,14,15). The minimum Gasteiger partial charge on any atom is -0.495 e. The van der Waals surface area contributed by atoms with Gasteiger partial charge in [-0.05, 0) is 33.6 Å². The second kappa shape index (κ2) is 4.17. The molecule has 0 saturated carbocycles. The number of ether oxygens (including phenoxy) is 1. The second-order valence-corrected chi connectivity index (χ2v) is 4.24. The lowest BCUT2D eigenvalue weighted by Crippen LogP contribution is -1.99. The first-order chi connectivity index (χ1) is 7.63. The average molecular weight is 284 g/mol. The highest BCUT2D eigenvalue weighted by molar-refractivity contribution is 9.10. The third-order valence-electron chi connectivity index (χ3n) is 2.38. The summed E-state index contributed by atoms with van der Waals surface area (Å²) in [7, 11) is 1.57. The summed E-state index contributed by atoms with van der Waals surface area (Å²) in [5, 5.41) is 9.63. The molecule has 0 spiro atoms. The molecule has 0 aliphatic carbocycles. The number of aliphatic carboxylic acids is 1. The van der Waals surface area contributed by atoms with E-state index in [0.717, 1.165) is 20.9 Å². The van der Waals surface area contributed by atoms with Crippen LogP contribution >= 0.6 is 15.9 Å². The summed E-state index contributed by atoms with van der Waals surface area (Å²) < 4.78 is 6.09. The SMILES string of the molecule is COc1c(Br)ccc2[nH]cc(CC(=O)O)c12. The van der Waals surface area contributed by atoms with Gasteiger partial charge in [0.15, 0.2) is 0 Å². The molecular formula is C11H10BrNO3. The molecule has 2 rings (SSSR count). The van der Waals surface area contributed by atoms with Gasteiger partial charge in [0.1, 0.15) is 5.75 Å². The van der Waals surface area contributed by atoms with Crippen molar-refractivity contribution in [3.63, 3.8) is 0 Å². The summed E-state index contributed by atoms with van der Waals surface area (Å²) in [5.41, 5.74) is 1.59. The summed E-state index contributed by atoms with van der Waals surface area (Å²) in [6.45, 7) is 0. The van der Waals surface area contributed by atoms with E-state index in [2.05, 4.69) is 20.9 Å². The number of rotatable bonds is 3. The Kier molecular flexibility index (Phi) is 2.87. The highest BCUT2D eigenvalue weighted by atomic mass is 79.9. The second-order valence-electron chi connectivity index (χ2n) is 3.39. The molecule has 0 fully saturated rings. The fourth-order valence-corrected chi connectivity index (χ4v) is 2.23. The van der Waals surface area contributed by atoms with E-state index in [1.807, 2.05) is 12.1 Å². The van der Waals surface area contributed by atoms with Crippen LogP contribution in [-0.2, 0) is 11.2 Å². The number of benzene rings is 1. The number of hydrogen-bond acceptors (Lipinski definition) is 2. The van der Waals surface area contributed by atoms with Crippen molar-refractivity contribution in [1.29, 1.82) is 0 Å². The monoisotopic (exact) mass is 283 g/mol. The lowest BCUT2D eigenvalue weighted by atomic mass is 10.1. The van der Waals surface area contributed by atoms with Crippen LogP contribution in [0.25, 0.3) is 10.9 Å². The Morgan fingerprint density at radius 1 is 1.56 bits per heavy atom. The van der Waals surface area contributed by atoms with Crippen molar-refractivity contribution in [3.8, 4) is 5.75 Å². The average Bonchev–Trinajstić information content (AvgIpc) is 2.61. The van der Waals surface area contributed by atoms with Crippen molar-refractivity contribution >= 4 is 32.8 Å². The van der Waals surface area contributed by atoms with Gasteiger partial charge in [0.2, 0.25) is 0 Å². The van der Waals surface area contributed by atoms with E-state index in [1.165, 1.54) is 0 Å². The zero-order valence-electron chi connectivity index (χ0n) is 8.58. The topological polar surface area (TPSA) is 62.3 Å². The van der Waals surface area contributed by atoms with Gasteiger partial charge in [-0.1, -0.05) is 0 Å². The molecule has 0 aliphatic heterocycles. The van der Waals surface area contributed by atoms with Crippen molar-refractivity contribution in [3.05, 3.63) is 28.4 Å². The summed E-state index contributed by atoms with van der Waals surface area (Å²) in [6, 6.07) is 3.75. The van der Waals surface area contributed by atoms with Crippen molar-refractivity contribution in [1.82, 2.24) is 4.98 Å². The van der Waals surface area contributed by atoms with Crippen molar-refractivity contribution < 1.29 is 14.6 Å². The van der Waals surface area contributed by atoms with Crippen LogP contribution < -0.4 is 4.74 Å². The van der Waals surface area contributed by atoms with Crippen LogP contribution in [0, 0.1) is 0 Å². The fraction of sp³-hybridized carbons (Fsp3) is 0.182. The summed E-state index contributed by atoms with van der Waals surface area (Å²) in [5.74, 6) is -0.196. The van der Waals surface area contributed by atoms with Crippen LogP contribution in [0.3, 0.4) is 0 Å². The van der Waals surface area contributed by atoms with Crippen molar-refractivity contribution in [2.24, 2.45) is 0 Å². The predicted molar refractivity (Wildman–Crippen MR) is 63.9 cm³/mol. The number of aromatic nitrogens is 1. The van der Waals surface area contributed by atoms with Crippen molar-refractivity contribution in [2.75, 3.05) is 7.11 Å². The van der Waals surface area contributed by atoms with E-state index in [1.54, 1.807) is 13.3 Å². The van der Waals surface area contributed by atoms with Gasteiger partial charge in [-0.3, -0.25) is 4.79 Å². The largest absolute Gasteiger partial charge is 0.495 e. The number of fused-ring (bicyclic) bond motifs is 1. The van der Waals surface area contributed by atoms with Gasteiger partial charge < -0.3 is 14.8 Å². The maximum absolute atomic E-state index is 10.7. The molecule has 84 valence electrons. The van der Waals surface area contributed by atoms with Crippen molar-refractivity contribution in [2.45, 2.75) is 6.42 Å². The zero-order valence-corrected chi connectivity index (χ0v) is 10.2. The van der Waals surface area contributed by atoms with Crippen LogP contribution in [0.5, 0.6) is 5.75 Å². The maximum atomic E-state index is 10.7. The van der Waals surface area contributed by atoms with E-state index in [4.69, 9.17) is 9.84 Å². The van der Waals surface area contributed by atoms with Gasteiger partial charge in [-0.15, -0.1) is 0 Å². The Bertz CT molecular complexity index is 547. The number of halogens is 1. The molecule has 0 saturated heterocycles. The first-order valence-electron chi connectivity index (χ1n) is 4.67. The molecule has 0 radical (unpaired) electrons. The van der Waals surface area contributed by atoms with Gasteiger partial charge in [-0.2, -0.15) is 0 Å². The van der Waals surface area contributed by atoms with Gasteiger partial charge in [-0.25, -0.2) is 0 Å². The molecule has 0 bridgehead atoms. The van der Waals surface area contributed by atoms with Gasteiger partial charge in [0, 0.05) is 17.1 Å². The van der Waals surface area contributed by atoms with Gasteiger partial charge in [0.05, 0.1) is 18.0 Å². The summed E-state index contributed by atoms with van der Waals surface area (Å²) in [6.07, 6.45) is 1.68. The van der Waals surface area contributed by atoms with Crippen LogP contribution in [0.15, 0.2) is 22.8 Å². The molecule has 2 aromatic rings. The lowest BCUT2D eigenvalue weighted by molar-refractivity contribution is -0.136. The molecular weight excluding hydrogens is 274 g/mol. The smallest absolute Gasteiger partial charge is 0.307 e. The van der Waals surface area contributed by atoms with Crippen LogP contribution in [-0.4, -0.2) is 23.2 Å². The number of aromatic amines is 1. The van der Waals surface area contributed by atoms with E-state index in [0.29, 0.717) is 5.75 Å². The highest BCUT2D eigenvalue weighted by Crippen LogP contribution is 2.35. The predicted octanol–water partition coefficient (Wildman–Crippen LogP) is 2.57. The third kappa shape index (κ3) is 1.78. The van der Waals surface area contributed by atoms with E-state index < -0.39 is 5.97 Å². The van der Waals surface area contributed by atoms with Gasteiger partial charge >= 0.3 is 5.97 Å². The Labute approximate surface area is 100 Å². The lowest BCUT2D eigenvalue weighted by Gasteiger charge is -2.06. The maximum Gasteiger partial charge on any atom is 0.307 e. The Morgan fingerprint density at radius 3 is 2.94 bits per heavy atom. The Morgan fingerprint density at radius 2 is 2.31 bits per heavy atom. The molecule has 1 heterocycles. The molecule has 16 heavy (non-hydrogen) atoms. The molecule has 0 aliphatic rings. The number of carbonyl (C=O) groups is 1. The van der Waals surface area contributed by atoms with Crippen LogP contribution in [0.4, 0.5) is 0 Å². The molecule has 4 nitrogen and oxygen atoms in total. The summed E-state index contributed by atoms with van der Waals surface area (Å²) >= 11 is 3.38. The molecule has 2 N–H and O–H groups in total. The Balaban J connectivity index is 2.67. The van der Waals surface area contributed by atoms with Crippen LogP contribution in [0.1, 0.15) is 5.56 Å².